The summed E-state index contributed by atoms with van der Waals surface area (Å²) in [6, 6.07) is 18.4. The smallest absolute Gasteiger partial charge is 0.248 e. The molecule has 29 heavy (non-hydrogen) atoms. The molecule has 0 saturated carbocycles. The molecule has 1 heterocycles. The van der Waals surface area contributed by atoms with E-state index >= 15 is 0 Å². The van der Waals surface area contributed by atoms with Crippen LogP contribution < -0.4 is 15.8 Å². The lowest BCUT2D eigenvalue weighted by Gasteiger charge is -2.09. The van der Waals surface area contributed by atoms with Gasteiger partial charge >= 0.3 is 0 Å². The van der Waals surface area contributed by atoms with E-state index < -0.39 is 5.91 Å². The number of anilines is 2. The Kier molecular flexibility index (Phi) is 5.01. The molecule has 144 valence electrons. The van der Waals surface area contributed by atoms with E-state index in [2.05, 4.69) is 15.3 Å². The lowest BCUT2D eigenvalue weighted by atomic mass is 10.0. The summed E-state index contributed by atoms with van der Waals surface area (Å²) < 4.78 is 5.16. The van der Waals surface area contributed by atoms with Gasteiger partial charge in [0.25, 0.3) is 0 Å². The van der Waals surface area contributed by atoms with Gasteiger partial charge in [0, 0.05) is 22.8 Å². The van der Waals surface area contributed by atoms with Crippen molar-refractivity contribution in [2.45, 2.75) is 0 Å². The number of aromatic nitrogens is 2. The monoisotopic (exact) mass is 404 g/mol. The van der Waals surface area contributed by atoms with Crippen LogP contribution in [0.1, 0.15) is 10.4 Å². The number of nitrogens with zero attached hydrogens (tertiary/aromatic N) is 2. The van der Waals surface area contributed by atoms with Crippen LogP contribution in [0.2, 0.25) is 5.02 Å². The second-order valence-electron chi connectivity index (χ2n) is 6.39. The Labute approximate surface area is 172 Å². The van der Waals surface area contributed by atoms with E-state index in [9.17, 15) is 4.79 Å². The fourth-order valence-electron chi connectivity index (χ4n) is 3.00. The number of ether oxygens (including phenoxy) is 1. The van der Waals surface area contributed by atoms with Crippen molar-refractivity contribution in [2.75, 3.05) is 12.4 Å². The summed E-state index contributed by atoms with van der Waals surface area (Å²) in [7, 11) is 1.57. The maximum atomic E-state index is 11.4. The molecule has 0 bridgehead atoms. The fraction of sp³-hybridized carbons (Fsp3) is 0.0455. The molecular formula is C22H17ClN4O2. The molecule has 0 radical (unpaired) electrons. The maximum Gasteiger partial charge on any atom is 0.248 e. The highest BCUT2D eigenvalue weighted by Crippen LogP contribution is 2.29. The third-order valence-electron chi connectivity index (χ3n) is 4.47. The molecular weight excluding hydrogens is 388 g/mol. The highest BCUT2D eigenvalue weighted by molar-refractivity contribution is 6.32. The highest BCUT2D eigenvalue weighted by Gasteiger charge is 2.07. The zero-order chi connectivity index (χ0) is 20.4. The first-order chi connectivity index (χ1) is 14.0. The van der Waals surface area contributed by atoms with Crippen LogP contribution in [-0.2, 0) is 0 Å². The molecule has 0 atom stereocenters. The predicted molar refractivity (Wildman–Crippen MR) is 115 cm³/mol. The average Bonchev–Trinajstić information content (AvgIpc) is 2.73. The van der Waals surface area contributed by atoms with Crippen LogP contribution in [0.3, 0.4) is 0 Å². The number of halogens is 1. The lowest BCUT2D eigenvalue weighted by Crippen LogP contribution is -2.10. The normalized spacial score (nSPS) is 10.7. The van der Waals surface area contributed by atoms with E-state index in [1.165, 1.54) is 0 Å². The molecule has 0 aliphatic heterocycles. The summed E-state index contributed by atoms with van der Waals surface area (Å²) in [6.45, 7) is 0. The van der Waals surface area contributed by atoms with E-state index in [4.69, 9.17) is 22.1 Å². The fourth-order valence-corrected chi connectivity index (χ4v) is 3.26. The molecule has 3 N–H and O–H groups in total. The Hall–Kier alpha value is -3.64. The SMILES string of the molecule is COc1ccc(Nc2ncc3cc(-c4cccc(C(N)=O)c4)ccc3n2)cc1Cl. The van der Waals surface area contributed by atoms with Crippen molar-refractivity contribution < 1.29 is 9.53 Å². The topological polar surface area (TPSA) is 90.1 Å². The number of hydrogen-bond acceptors (Lipinski definition) is 5. The molecule has 0 spiro atoms. The zero-order valence-electron chi connectivity index (χ0n) is 15.5. The van der Waals surface area contributed by atoms with Gasteiger partial charge in [0.15, 0.2) is 0 Å². The third kappa shape index (κ3) is 3.97. The summed E-state index contributed by atoms with van der Waals surface area (Å²) >= 11 is 6.16. The van der Waals surface area contributed by atoms with E-state index in [0.717, 1.165) is 27.7 Å². The van der Waals surface area contributed by atoms with E-state index in [1.54, 1.807) is 37.6 Å². The van der Waals surface area contributed by atoms with Gasteiger partial charge in [-0.05, 0) is 53.6 Å². The first kappa shape index (κ1) is 18.7. The number of amides is 1. The van der Waals surface area contributed by atoms with Gasteiger partial charge in [0.1, 0.15) is 5.75 Å². The predicted octanol–water partition coefficient (Wildman–Crippen LogP) is 4.80. The number of methoxy groups -OCH3 is 1. The number of benzene rings is 3. The van der Waals surface area contributed by atoms with Crippen molar-refractivity contribution in [2.24, 2.45) is 5.73 Å². The number of nitrogens with two attached hydrogens (primary N) is 1. The molecule has 0 unspecified atom stereocenters. The van der Waals surface area contributed by atoms with Crippen LogP contribution in [0.4, 0.5) is 11.6 Å². The summed E-state index contributed by atoms with van der Waals surface area (Å²) in [5.41, 5.74) is 9.24. The van der Waals surface area contributed by atoms with Gasteiger partial charge in [-0.3, -0.25) is 4.79 Å². The molecule has 4 rings (SSSR count). The van der Waals surface area contributed by atoms with Crippen LogP contribution in [-0.4, -0.2) is 23.0 Å². The summed E-state index contributed by atoms with van der Waals surface area (Å²) in [5.74, 6) is 0.608. The van der Waals surface area contributed by atoms with Crippen molar-refractivity contribution in [3.8, 4) is 16.9 Å². The van der Waals surface area contributed by atoms with Crippen molar-refractivity contribution in [1.82, 2.24) is 9.97 Å². The number of rotatable bonds is 5. The molecule has 1 aromatic heterocycles. The third-order valence-corrected chi connectivity index (χ3v) is 4.76. The van der Waals surface area contributed by atoms with E-state index in [1.807, 2.05) is 36.4 Å². The standard InChI is InChI=1S/C22H17ClN4O2/c1-29-20-8-6-17(11-18(20)23)26-22-25-12-16-10-14(5-7-19(16)27-22)13-3-2-4-15(9-13)21(24)28/h2-12H,1H3,(H2,24,28)(H,25,26,27). The van der Waals surface area contributed by atoms with Gasteiger partial charge in [-0.15, -0.1) is 0 Å². The van der Waals surface area contributed by atoms with Gasteiger partial charge < -0.3 is 15.8 Å². The van der Waals surface area contributed by atoms with E-state index in [-0.39, 0.29) is 0 Å². The Bertz CT molecular complexity index is 1230. The first-order valence-corrected chi connectivity index (χ1v) is 9.19. The Morgan fingerprint density at radius 1 is 1.07 bits per heavy atom. The Balaban J connectivity index is 1.63. The largest absolute Gasteiger partial charge is 0.495 e. The quantitative estimate of drug-likeness (QED) is 0.498. The first-order valence-electron chi connectivity index (χ1n) is 8.81. The average molecular weight is 405 g/mol. The number of carbonyl (C=O) groups is 1. The number of nitrogens with one attached hydrogen (secondary N) is 1. The van der Waals surface area contributed by atoms with Crippen LogP contribution >= 0.6 is 11.6 Å². The Morgan fingerprint density at radius 3 is 2.66 bits per heavy atom. The zero-order valence-corrected chi connectivity index (χ0v) is 16.3. The summed E-state index contributed by atoms with van der Waals surface area (Å²) in [4.78, 5) is 20.4. The molecule has 1 amide bonds. The van der Waals surface area contributed by atoms with Gasteiger partial charge in [-0.2, -0.15) is 0 Å². The van der Waals surface area contributed by atoms with Gasteiger partial charge in [-0.25, -0.2) is 9.97 Å². The second kappa shape index (κ2) is 7.77. The number of carbonyl (C=O) groups excluding carboxylic acids is 1. The van der Waals surface area contributed by atoms with Crippen molar-refractivity contribution in [3.05, 3.63) is 77.4 Å². The number of hydrogen-bond donors (Lipinski definition) is 2. The molecule has 3 aromatic carbocycles. The number of primary amides is 1. The van der Waals surface area contributed by atoms with Crippen molar-refractivity contribution in [3.63, 3.8) is 0 Å². The van der Waals surface area contributed by atoms with Gasteiger partial charge in [0.2, 0.25) is 11.9 Å². The minimum Gasteiger partial charge on any atom is -0.495 e. The molecule has 4 aromatic rings. The highest BCUT2D eigenvalue weighted by atomic mass is 35.5. The molecule has 0 saturated heterocycles. The van der Waals surface area contributed by atoms with Crippen LogP contribution in [0.5, 0.6) is 5.75 Å². The molecule has 6 nitrogen and oxygen atoms in total. The van der Waals surface area contributed by atoms with Crippen LogP contribution in [0.15, 0.2) is 66.9 Å². The summed E-state index contributed by atoms with van der Waals surface area (Å²) in [5, 5.41) is 4.52. The second-order valence-corrected chi connectivity index (χ2v) is 6.79. The van der Waals surface area contributed by atoms with Crippen molar-refractivity contribution in [1.29, 1.82) is 0 Å². The van der Waals surface area contributed by atoms with Crippen LogP contribution in [0, 0.1) is 0 Å². The molecule has 0 aliphatic rings. The number of fused-ring (bicyclic) bond motifs is 1. The Morgan fingerprint density at radius 2 is 1.90 bits per heavy atom. The molecule has 0 aliphatic carbocycles. The minimum atomic E-state index is -0.453. The van der Waals surface area contributed by atoms with E-state index in [0.29, 0.717) is 22.3 Å². The summed E-state index contributed by atoms with van der Waals surface area (Å²) in [6.07, 6.45) is 1.75. The maximum absolute atomic E-state index is 11.4. The van der Waals surface area contributed by atoms with Crippen LogP contribution in [0.25, 0.3) is 22.0 Å². The molecule has 0 fully saturated rings. The molecule has 7 heteroatoms. The van der Waals surface area contributed by atoms with Crippen molar-refractivity contribution >= 4 is 40.0 Å². The minimum absolute atomic E-state index is 0.453. The lowest BCUT2D eigenvalue weighted by molar-refractivity contribution is 0.100. The van der Waals surface area contributed by atoms with Gasteiger partial charge in [0.05, 0.1) is 17.6 Å². The van der Waals surface area contributed by atoms with Gasteiger partial charge in [-0.1, -0.05) is 29.8 Å².